The normalized spacial score (nSPS) is 11.8. The summed E-state index contributed by atoms with van der Waals surface area (Å²) in [7, 11) is 0. The molecule has 128 valence electrons. The van der Waals surface area contributed by atoms with Crippen molar-refractivity contribution in [1.82, 2.24) is 10.3 Å². The minimum absolute atomic E-state index is 0.183. The molecule has 4 nitrogen and oxygen atoms in total. The fourth-order valence-electron chi connectivity index (χ4n) is 2.14. The summed E-state index contributed by atoms with van der Waals surface area (Å²) >= 11 is 11.8. The lowest BCUT2D eigenvalue weighted by Crippen LogP contribution is -2.39. The minimum Gasteiger partial charge on any atom is -0.463 e. The van der Waals surface area contributed by atoms with E-state index < -0.39 is 6.10 Å². The number of aromatic nitrogens is 1. The highest BCUT2D eigenvalue weighted by Crippen LogP contribution is 2.25. The Morgan fingerprint density at radius 3 is 2.62 bits per heavy atom. The maximum Gasteiger partial charge on any atom is 0.261 e. The zero-order chi connectivity index (χ0) is 17.5. The Morgan fingerprint density at radius 1 is 1.29 bits per heavy atom. The van der Waals surface area contributed by atoms with E-state index in [0.29, 0.717) is 18.0 Å². The third kappa shape index (κ3) is 5.39. The van der Waals surface area contributed by atoms with Gasteiger partial charge in [-0.1, -0.05) is 60.0 Å². The molecule has 0 aliphatic carbocycles. The van der Waals surface area contributed by atoms with Crippen LogP contribution in [-0.2, 0) is 11.2 Å². The van der Waals surface area contributed by atoms with Crippen LogP contribution in [-0.4, -0.2) is 23.5 Å². The van der Waals surface area contributed by atoms with Crippen molar-refractivity contribution in [1.29, 1.82) is 0 Å². The predicted molar refractivity (Wildman–Crippen MR) is 96.9 cm³/mol. The summed E-state index contributed by atoms with van der Waals surface area (Å²) in [5, 5.41) is 3.59. The van der Waals surface area contributed by atoms with Crippen molar-refractivity contribution in [3.63, 3.8) is 0 Å². The average molecular weight is 367 g/mol. The molecule has 0 saturated heterocycles. The van der Waals surface area contributed by atoms with E-state index in [1.165, 1.54) is 23.4 Å². The molecule has 6 heteroatoms. The number of ether oxygens (including phenoxy) is 1. The Bertz CT molecular complexity index is 690. The number of halogens is 2. The number of nitrogens with one attached hydrogen (secondary N) is 1. The maximum atomic E-state index is 12.3. The molecule has 0 radical (unpaired) electrons. The van der Waals surface area contributed by atoms with Crippen LogP contribution < -0.4 is 10.1 Å². The molecule has 0 spiro atoms. The number of hydrogen-bond donors (Lipinski definition) is 1. The van der Waals surface area contributed by atoms with E-state index in [1.54, 1.807) is 0 Å². The Morgan fingerprint density at radius 2 is 2.00 bits per heavy atom. The highest BCUT2D eigenvalue weighted by molar-refractivity contribution is 6.35. The fourth-order valence-corrected chi connectivity index (χ4v) is 2.57. The first-order chi connectivity index (χ1) is 11.5. The molecule has 1 atom stereocenters. The van der Waals surface area contributed by atoms with Crippen LogP contribution in [0.3, 0.4) is 0 Å². The van der Waals surface area contributed by atoms with E-state index in [9.17, 15) is 4.79 Å². The summed E-state index contributed by atoms with van der Waals surface area (Å²) in [4.78, 5) is 16.3. The van der Waals surface area contributed by atoms with Crippen LogP contribution in [0.15, 0.2) is 36.5 Å². The quantitative estimate of drug-likeness (QED) is 0.798. The van der Waals surface area contributed by atoms with Crippen molar-refractivity contribution in [2.24, 2.45) is 0 Å². The van der Waals surface area contributed by atoms with Crippen LogP contribution in [0, 0.1) is 6.92 Å². The van der Waals surface area contributed by atoms with Gasteiger partial charge < -0.3 is 10.1 Å². The van der Waals surface area contributed by atoms with Gasteiger partial charge in [-0.2, -0.15) is 0 Å². The van der Waals surface area contributed by atoms with Gasteiger partial charge in [-0.3, -0.25) is 4.79 Å². The molecule has 2 rings (SSSR count). The Balaban J connectivity index is 1.87. The summed E-state index contributed by atoms with van der Waals surface area (Å²) in [5.74, 6) is 0.0269. The smallest absolute Gasteiger partial charge is 0.261 e. The van der Waals surface area contributed by atoms with Crippen LogP contribution in [0.2, 0.25) is 10.0 Å². The van der Waals surface area contributed by atoms with Gasteiger partial charge >= 0.3 is 0 Å². The van der Waals surface area contributed by atoms with Gasteiger partial charge in [0, 0.05) is 12.7 Å². The summed E-state index contributed by atoms with van der Waals surface area (Å²) in [6.45, 7) is 4.46. The van der Waals surface area contributed by atoms with E-state index in [2.05, 4.69) is 34.6 Å². The van der Waals surface area contributed by atoms with Crippen molar-refractivity contribution in [2.45, 2.75) is 32.8 Å². The first kappa shape index (κ1) is 18.6. The molecular weight excluding hydrogens is 347 g/mol. The first-order valence-electron chi connectivity index (χ1n) is 7.80. The number of aryl methyl sites for hydroxylation is 1. The van der Waals surface area contributed by atoms with E-state index in [4.69, 9.17) is 27.9 Å². The molecule has 0 unspecified atom stereocenters. The molecule has 1 aromatic heterocycles. The monoisotopic (exact) mass is 366 g/mol. The number of carbonyl (C=O) groups is 1. The lowest BCUT2D eigenvalue weighted by atomic mass is 10.1. The van der Waals surface area contributed by atoms with Crippen LogP contribution in [0.5, 0.6) is 5.88 Å². The highest BCUT2D eigenvalue weighted by atomic mass is 35.5. The third-order valence-electron chi connectivity index (χ3n) is 3.52. The zero-order valence-electron chi connectivity index (χ0n) is 13.7. The topological polar surface area (TPSA) is 51.2 Å². The number of carbonyl (C=O) groups excluding carboxylic acids is 1. The van der Waals surface area contributed by atoms with Gasteiger partial charge in [-0.05, 0) is 31.4 Å². The second kappa shape index (κ2) is 8.90. The molecular formula is C18H20Cl2N2O2. The number of hydrogen-bond acceptors (Lipinski definition) is 3. The molecule has 1 N–H and O–H groups in total. The molecule has 1 amide bonds. The summed E-state index contributed by atoms with van der Waals surface area (Å²) in [6, 6.07) is 9.78. The van der Waals surface area contributed by atoms with Gasteiger partial charge in [-0.15, -0.1) is 0 Å². The molecule has 1 aromatic carbocycles. The standard InChI is InChI=1S/C18H20Cl2N2O2/c1-3-16(24-18-15(20)10-14(19)11-22-18)17(23)21-9-8-13-6-4-12(2)5-7-13/h4-7,10-11,16H,3,8-9H2,1-2H3,(H,21,23)/t16-/m1/s1. The Hall–Kier alpha value is -1.78. The number of pyridine rings is 1. The molecule has 0 aliphatic rings. The van der Waals surface area contributed by atoms with Crippen LogP contribution >= 0.6 is 23.2 Å². The number of nitrogens with zero attached hydrogens (tertiary/aromatic N) is 1. The van der Waals surface area contributed by atoms with Crippen molar-refractivity contribution >= 4 is 29.1 Å². The Kier molecular flexibility index (Phi) is 6.88. The van der Waals surface area contributed by atoms with Gasteiger partial charge in [-0.25, -0.2) is 4.98 Å². The van der Waals surface area contributed by atoms with Gasteiger partial charge in [0.2, 0.25) is 5.88 Å². The average Bonchev–Trinajstić information content (AvgIpc) is 2.56. The van der Waals surface area contributed by atoms with Gasteiger partial charge in [0.05, 0.1) is 5.02 Å². The number of amides is 1. The van der Waals surface area contributed by atoms with Crippen LogP contribution in [0.25, 0.3) is 0 Å². The third-order valence-corrected chi connectivity index (χ3v) is 4.00. The van der Waals surface area contributed by atoms with E-state index >= 15 is 0 Å². The molecule has 0 bridgehead atoms. The summed E-state index contributed by atoms with van der Waals surface area (Å²) in [5.41, 5.74) is 2.40. The number of benzene rings is 1. The highest BCUT2D eigenvalue weighted by Gasteiger charge is 2.20. The largest absolute Gasteiger partial charge is 0.463 e. The van der Waals surface area contributed by atoms with Crippen LogP contribution in [0.4, 0.5) is 0 Å². The maximum absolute atomic E-state index is 12.3. The number of rotatable bonds is 7. The molecule has 0 saturated carbocycles. The van der Waals surface area contributed by atoms with Gasteiger partial charge in [0.1, 0.15) is 5.02 Å². The van der Waals surface area contributed by atoms with E-state index in [0.717, 1.165) is 6.42 Å². The molecule has 0 aliphatic heterocycles. The molecule has 24 heavy (non-hydrogen) atoms. The molecule has 1 heterocycles. The summed E-state index contributed by atoms with van der Waals surface area (Å²) in [6.07, 6.45) is 2.07. The van der Waals surface area contributed by atoms with Crippen molar-refractivity contribution < 1.29 is 9.53 Å². The minimum atomic E-state index is -0.644. The summed E-state index contributed by atoms with van der Waals surface area (Å²) < 4.78 is 5.62. The predicted octanol–water partition coefficient (Wildman–Crippen LogP) is 4.21. The van der Waals surface area contributed by atoms with E-state index in [-0.39, 0.29) is 16.8 Å². The Labute approximate surface area is 152 Å². The lowest BCUT2D eigenvalue weighted by molar-refractivity contribution is -0.128. The van der Waals surface area contributed by atoms with Crippen molar-refractivity contribution in [3.05, 3.63) is 57.7 Å². The first-order valence-corrected chi connectivity index (χ1v) is 8.56. The molecule has 2 aromatic rings. The second-order valence-electron chi connectivity index (χ2n) is 5.48. The van der Waals surface area contributed by atoms with Gasteiger partial charge in [0.25, 0.3) is 5.91 Å². The van der Waals surface area contributed by atoms with E-state index in [1.807, 2.05) is 13.8 Å². The van der Waals surface area contributed by atoms with Crippen molar-refractivity contribution in [2.75, 3.05) is 6.54 Å². The lowest BCUT2D eigenvalue weighted by Gasteiger charge is -2.17. The zero-order valence-corrected chi connectivity index (χ0v) is 15.2. The van der Waals surface area contributed by atoms with Gasteiger partial charge in [0.15, 0.2) is 6.10 Å². The second-order valence-corrected chi connectivity index (χ2v) is 6.33. The van der Waals surface area contributed by atoms with Crippen molar-refractivity contribution in [3.8, 4) is 5.88 Å². The molecule has 0 fully saturated rings. The fraction of sp³-hybridized carbons (Fsp3) is 0.333. The SMILES string of the molecule is CC[C@@H](Oc1ncc(Cl)cc1Cl)C(=O)NCCc1ccc(C)cc1. The van der Waals surface area contributed by atoms with Crippen LogP contribution in [0.1, 0.15) is 24.5 Å².